The fourth-order valence-electron chi connectivity index (χ4n) is 3.22. The summed E-state index contributed by atoms with van der Waals surface area (Å²) in [5.41, 5.74) is 5.62. The average Bonchev–Trinajstić information content (AvgIpc) is 2.65. The average molecular weight is 212 g/mol. The molecular formula is C12H24N2O. The third-order valence-electron chi connectivity index (χ3n) is 4.04. The van der Waals surface area contributed by atoms with Crippen LogP contribution in [0.2, 0.25) is 0 Å². The molecule has 0 aromatic heterocycles. The molecule has 1 heterocycles. The second kappa shape index (κ2) is 5.28. The molecule has 2 rings (SSSR count). The smallest absolute Gasteiger partial charge is 0.0695 e. The van der Waals surface area contributed by atoms with Gasteiger partial charge in [-0.15, -0.1) is 0 Å². The molecule has 3 N–H and O–H groups in total. The number of hydrogen-bond donors (Lipinski definition) is 2. The zero-order valence-corrected chi connectivity index (χ0v) is 9.57. The quantitative estimate of drug-likeness (QED) is 0.732. The number of piperidine rings is 1. The fraction of sp³-hybridized carbons (Fsp3) is 1.00. The van der Waals surface area contributed by atoms with Gasteiger partial charge >= 0.3 is 0 Å². The number of nitrogens with zero attached hydrogens (tertiary/aromatic N) is 1. The molecule has 0 spiro atoms. The van der Waals surface area contributed by atoms with Crippen molar-refractivity contribution >= 4 is 0 Å². The minimum absolute atomic E-state index is 0.0679. The summed E-state index contributed by atoms with van der Waals surface area (Å²) in [6.07, 6.45) is 7.09. The van der Waals surface area contributed by atoms with Gasteiger partial charge in [0.1, 0.15) is 0 Å². The molecule has 0 bridgehead atoms. The Hall–Kier alpha value is -0.120. The second-order valence-corrected chi connectivity index (χ2v) is 5.15. The Morgan fingerprint density at radius 3 is 2.73 bits per heavy atom. The number of rotatable bonds is 3. The lowest BCUT2D eigenvalue weighted by atomic mass is 9.93. The summed E-state index contributed by atoms with van der Waals surface area (Å²) in [4.78, 5) is 2.52. The van der Waals surface area contributed by atoms with E-state index in [2.05, 4.69) is 4.90 Å². The van der Waals surface area contributed by atoms with Crippen LogP contribution in [0.25, 0.3) is 0 Å². The van der Waals surface area contributed by atoms with Crippen LogP contribution in [0.3, 0.4) is 0 Å². The van der Waals surface area contributed by atoms with E-state index in [0.717, 1.165) is 25.3 Å². The van der Waals surface area contributed by atoms with Crippen LogP contribution in [0.4, 0.5) is 0 Å². The monoisotopic (exact) mass is 212 g/mol. The highest BCUT2D eigenvalue weighted by Crippen LogP contribution is 2.29. The Labute approximate surface area is 92.6 Å². The molecule has 1 aliphatic heterocycles. The van der Waals surface area contributed by atoms with Crippen LogP contribution < -0.4 is 5.73 Å². The van der Waals surface area contributed by atoms with Crippen LogP contribution in [0.1, 0.15) is 38.5 Å². The maximum Gasteiger partial charge on any atom is 0.0695 e. The number of hydrogen-bond acceptors (Lipinski definition) is 3. The molecule has 2 aliphatic rings. The first kappa shape index (κ1) is 11.4. The normalized spacial score (nSPS) is 38.4. The topological polar surface area (TPSA) is 49.5 Å². The van der Waals surface area contributed by atoms with Crippen LogP contribution in [0.15, 0.2) is 0 Å². The van der Waals surface area contributed by atoms with Gasteiger partial charge in [0.05, 0.1) is 6.10 Å². The summed E-state index contributed by atoms with van der Waals surface area (Å²) in [5.74, 6) is 0.775. The minimum atomic E-state index is -0.0679. The van der Waals surface area contributed by atoms with Crippen molar-refractivity contribution in [3.8, 4) is 0 Å². The molecule has 88 valence electrons. The molecule has 1 saturated carbocycles. The van der Waals surface area contributed by atoms with E-state index < -0.39 is 0 Å². The first-order valence-electron chi connectivity index (χ1n) is 6.43. The maximum atomic E-state index is 9.89. The van der Waals surface area contributed by atoms with Crippen LogP contribution in [-0.2, 0) is 0 Å². The van der Waals surface area contributed by atoms with Gasteiger partial charge in [-0.2, -0.15) is 0 Å². The van der Waals surface area contributed by atoms with E-state index in [1.165, 1.54) is 38.8 Å². The zero-order chi connectivity index (χ0) is 10.7. The fourth-order valence-corrected chi connectivity index (χ4v) is 3.22. The van der Waals surface area contributed by atoms with Gasteiger partial charge in [0.15, 0.2) is 0 Å². The summed E-state index contributed by atoms with van der Waals surface area (Å²) in [6.45, 7) is 3.16. The molecule has 15 heavy (non-hydrogen) atoms. The number of aliphatic hydroxyl groups excluding tert-OH is 1. The number of nitrogens with two attached hydrogens (primary N) is 1. The molecule has 0 aromatic carbocycles. The summed E-state index contributed by atoms with van der Waals surface area (Å²) in [5, 5.41) is 9.89. The van der Waals surface area contributed by atoms with Crippen molar-refractivity contribution in [2.45, 2.75) is 50.7 Å². The Morgan fingerprint density at radius 2 is 2.07 bits per heavy atom. The molecule has 3 unspecified atom stereocenters. The first-order valence-corrected chi connectivity index (χ1v) is 6.43. The van der Waals surface area contributed by atoms with Crippen molar-refractivity contribution < 1.29 is 5.11 Å². The summed E-state index contributed by atoms with van der Waals surface area (Å²) >= 11 is 0. The standard InChI is InChI=1S/C12H24N2O/c13-7-6-10-3-2-8-14(9-10)11-4-1-5-12(11)15/h10-12,15H,1-9,13H2. The first-order chi connectivity index (χ1) is 7.31. The van der Waals surface area contributed by atoms with E-state index in [4.69, 9.17) is 5.73 Å². The molecule has 1 saturated heterocycles. The van der Waals surface area contributed by atoms with E-state index in [9.17, 15) is 5.11 Å². The van der Waals surface area contributed by atoms with Gasteiger partial charge in [0.25, 0.3) is 0 Å². The Balaban J connectivity index is 1.86. The van der Waals surface area contributed by atoms with Gasteiger partial charge in [-0.1, -0.05) is 0 Å². The number of likely N-dealkylation sites (tertiary alicyclic amines) is 1. The highest BCUT2D eigenvalue weighted by molar-refractivity contribution is 4.88. The predicted octanol–water partition coefficient (Wildman–Crippen LogP) is 0.961. The highest BCUT2D eigenvalue weighted by atomic mass is 16.3. The van der Waals surface area contributed by atoms with E-state index >= 15 is 0 Å². The van der Waals surface area contributed by atoms with Gasteiger partial charge in [0, 0.05) is 12.6 Å². The van der Waals surface area contributed by atoms with Gasteiger partial charge in [-0.3, -0.25) is 4.90 Å². The zero-order valence-electron chi connectivity index (χ0n) is 9.57. The SMILES string of the molecule is NCCC1CCCN(C2CCCC2O)C1. The van der Waals surface area contributed by atoms with Crippen molar-refractivity contribution in [3.63, 3.8) is 0 Å². The lowest BCUT2D eigenvalue weighted by Crippen LogP contribution is -2.46. The third kappa shape index (κ3) is 2.71. The molecule has 3 heteroatoms. The van der Waals surface area contributed by atoms with Gasteiger partial charge in [-0.05, 0) is 57.5 Å². The van der Waals surface area contributed by atoms with Gasteiger partial charge < -0.3 is 10.8 Å². The summed E-state index contributed by atoms with van der Waals surface area (Å²) in [7, 11) is 0. The van der Waals surface area contributed by atoms with Gasteiger partial charge in [-0.25, -0.2) is 0 Å². The minimum Gasteiger partial charge on any atom is -0.391 e. The van der Waals surface area contributed by atoms with Crippen LogP contribution in [-0.4, -0.2) is 41.8 Å². The summed E-state index contributed by atoms with van der Waals surface area (Å²) in [6, 6.07) is 0.450. The molecule has 0 amide bonds. The molecule has 2 fully saturated rings. The molecule has 0 radical (unpaired) electrons. The van der Waals surface area contributed by atoms with Crippen molar-refractivity contribution in [1.29, 1.82) is 0 Å². The Morgan fingerprint density at radius 1 is 1.20 bits per heavy atom. The van der Waals surface area contributed by atoms with Gasteiger partial charge in [0.2, 0.25) is 0 Å². The van der Waals surface area contributed by atoms with E-state index in [-0.39, 0.29) is 6.10 Å². The van der Waals surface area contributed by atoms with E-state index in [1.54, 1.807) is 0 Å². The summed E-state index contributed by atoms with van der Waals surface area (Å²) < 4.78 is 0. The molecule has 3 atom stereocenters. The Bertz CT molecular complexity index is 196. The van der Waals surface area contributed by atoms with Crippen molar-refractivity contribution in [3.05, 3.63) is 0 Å². The molecular weight excluding hydrogens is 188 g/mol. The predicted molar refractivity (Wildman–Crippen MR) is 61.6 cm³/mol. The maximum absolute atomic E-state index is 9.89. The van der Waals surface area contributed by atoms with Crippen molar-refractivity contribution in [2.75, 3.05) is 19.6 Å². The lowest BCUT2D eigenvalue weighted by molar-refractivity contribution is 0.0423. The van der Waals surface area contributed by atoms with E-state index in [0.29, 0.717) is 6.04 Å². The molecule has 1 aliphatic carbocycles. The van der Waals surface area contributed by atoms with Crippen molar-refractivity contribution in [2.24, 2.45) is 11.7 Å². The van der Waals surface area contributed by atoms with Crippen LogP contribution in [0.5, 0.6) is 0 Å². The second-order valence-electron chi connectivity index (χ2n) is 5.15. The largest absolute Gasteiger partial charge is 0.391 e. The number of aliphatic hydroxyl groups is 1. The Kier molecular flexibility index (Phi) is 4.00. The van der Waals surface area contributed by atoms with E-state index in [1.807, 2.05) is 0 Å². The van der Waals surface area contributed by atoms with Crippen LogP contribution in [0, 0.1) is 5.92 Å². The molecule has 3 nitrogen and oxygen atoms in total. The van der Waals surface area contributed by atoms with Crippen molar-refractivity contribution in [1.82, 2.24) is 4.90 Å². The highest BCUT2D eigenvalue weighted by Gasteiger charge is 2.33. The third-order valence-corrected chi connectivity index (χ3v) is 4.04. The van der Waals surface area contributed by atoms with Crippen LogP contribution >= 0.6 is 0 Å². The molecule has 0 aromatic rings. The lowest BCUT2D eigenvalue weighted by Gasteiger charge is -2.38.